The normalized spacial score (nSPS) is 12.9. The minimum absolute atomic E-state index is 0.0892. The molecule has 0 unspecified atom stereocenters. The second-order valence-corrected chi connectivity index (χ2v) is 9.44. The van der Waals surface area contributed by atoms with Crippen molar-refractivity contribution in [2.75, 3.05) is 7.05 Å². The molecule has 0 heterocycles. The van der Waals surface area contributed by atoms with Crippen molar-refractivity contribution in [3.8, 4) is 0 Å². The van der Waals surface area contributed by atoms with Crippen LogP contribution in [0.2, 0.25) is 0 Å². The van der Waals surface area contributed by atoms with Crippen LogP contribution < -0.4 is 5.32 Å². The van der Waals surface area contributed by atoms with Crippen molar-refractivity contribution in [3.05, 3.63) is 49.0 Å². The van der Waals surface area contributed by atoms with E-state index in [0.717, 1.165) is 43.4 Å². The van der Waals surface area contributed by atoms with Gasteiger partial charge in [-0.1, -0.05) is 78.3 Å². The molecule has 0 aliphatic heterocycles. The lowest BCUT2D eigenvalue weighted by Gasteiger charge is -2.23. The van der Waals surface area contributed by atoms with Gasteiger partial charge in [0, 0.05) is 54.3 Å². The molecule has 0 radical (unpaired) electrons. The van der Waals surface area contributed by atoms with Crippen LogP contribution in [0.1, 0.15) is 85.0 Å². The number of unbranched alkanes of at least 4 members (excludes halogenated alkanes) is 4. The van der Waals surface area contributed by atoms with Crippen LogP contribution in [0.4, 0.5) is 0 Å². The fraction of sp³-hybridized carbons (Fsp3) is 0.586. The minimum atomic E-state index is -0.158. The topological polar surface area (TPSA) is 84.5 Å². The lowest BCUT2D eigenvalue weighted by molar-refractivity contribution is 0.552. The monoisotopic (exact) mass is 467 g/mol. The number of rotatable bonds is 21. The summed E-state index contributed by atoms with van der Waals surface area (Å²) in [6.45, 7) is 26.5. The molecule has 0 amide bonds. The van der Waals surface area contributed by atoms with E-state index in [1.807, 2.05) is 6.21 Å². The fourth-order valence-corrected chi connectivity index (χ4v) is 3.84. The Bertz CT molecular complexity index is 756. The van der Waals surface area contributed by atoms with Crippen LogP contribution in [0.5, 0.6) is 0 Å². The molecule has 190 valence electrons. The van der Waals surface area contributed by atoms with Gasteiger partial charge < -0.3 is 16.1 Å². The molecule has 0 aromatic heterocycles. The van der Waals surface area contributed by atoms with Gasteiger partial charge in [-0.05, 0) is 44.7 Å². The second-order valence-electron chi connectivity index (χ2n) is 9.44. The summed E-state index contributed by atoms with van der Waals surface area (Å²) in [6.07, 6.45) is 11.4. The number of allylic oxidation sites excluding steroid dienone is 4. The minimum Gasteiger partial charge on any atom is -0.387 e. The van der Waals surface area contributed by atoms with Gasteiger partial charge in [-0.3, -0.25) is 9.98 Å². The molecule has 2 atom stereocenters. The van der Waals surface area contributed by atoms with Gasteiger partial charge in [0.05, 0.1) is 5.71 Å². The highest BCUT2D eigenvalue weighted by molar-refractivity contribution is 5.96. The molecule has 5 heteroatoms. The van der Waals surface area contributed by atoms with Crippen LogP contribution in [0, 0.1) is 28.6 Å². The summed E-state index contributed by atoms with van der Waals surface area (Å²) in [7, 11) is 1.78. The summed E-state index contributed by atoms with van der Waals surface area (Å²) >= 11 is 0. The number of nitrogens with one attached hydrogen (secondary N) is 3. The maximum Gasteiger partial charge on any atom is 0.0538 e. The molecule has 0 aliphatic rings. The summed E-state index contributed by atoms with van der Waals surface area (Å²) < 4.78 is 0. The molecule has 0 aliphatic carbocycles. The summed E-state index contributed by atoms with van der Waals surface area (Å²) in [5.74, 6) is 0.267. The fourth-order valence-electron chi connectivity index (χ4n) is 3.84. The summed E-state index contributed by atoms with van der Waals surface area (Å²) in [4.78, 5) is 8.67. The Morgan fingerprint density at radius 2 is 1.62 bits per heavy atom. The first-order chi connectivity index (χ1) is 16.1. The molecule has 0 fully saturated rings. The quantitative estimate of drug-likeness (QED) is 0.0893. The molecule has 0 saturated carbocycles. The molecule has 0 saturated heterocycles. The Labute approximate surface area is 209 Å². The third kappa shape index (κ3) is 12.6. The van der Waals surface area contributed by atoms with Crippen LogP contribution in [-0.2, 0) is 0 Å². The van der Waals surface area contributed by atoms with Gasteiger partial charge in [0.15, 0.2) is 0 Å². The highest BCUT2D eigenvalue weighted by Gasteiger charge is 2.22. The van der Waals surface area contributed by atoms with Crippen molar-refractivity contribution < 1.29 is 0 Å². The molecule has 0 aromatic rings. The molecule has 34 heavy (non-hydrogen) atoms. The second kappa shape index (κ2) is 17.9. The van der Waals surface area contributed by atoms with E-state index in [1.54, 1.807) is 7.05 Å². The summed E-state index contributed by atoms with van der Waals surface area (Å²) in [5, 5.41) is 19.7. The first kappa shape index (κ1) is 31.4. The zero-order valence-corrected chi connectivity index (χ0v) is 22.3. The van der Waals surface area contributed by atoms with Crippen LogP contribution in [0.3, 0.4) is 0 Å². The molecule has 5 nitrogen and oxygen atoms in total. The Morgan fingerprint density at radius 3 is 2.18 bits per heavy atom. The van der Waals surface area contributed by atoms with Crippen LogP contribution in [0.25, 0.3) is 0 Å². The average Bonchev–Trinajstić information content (AvgIpc) is 2.80. The number of hydrogen-bond acceptors (Lipinski definition) is 5. The summed E-state index contributed by atoms with van der Waals surface area (Å²) in [5.41, 5.74) is 4.27. The molecule has 3 N–H and O–H groups in total. The van der Waals surface area contributed by atoms with Crippen LogP contribution in [0.15, 0.2) is 59.0 Å². The van der Waals surface area contributed by atoms with Gasteiger partial charge in [-0.2, -0.15) is 0 Å². The van der Waals surface area contributed by atoms with Crippen molar-refractivity contribution in [1.29, 1.82) is 10.8 Å². The molecule has 0 rings (SSSR count). The van der Waals surface area contributed by atoms with E-state index in [-0.39, 0.29) is 11.8 Å². The lowest BCUT2D eigenvalue weighted by Crippen LogP contribution is -2.20. The largest absolute Gasteiger partial charge is 0.387 e. The van der Waals surface area contributed by atoms with Crippen LogP contribution >= 0.6 is 0 Å². The molecule has 0 aromatic carbocycles. The predicted octanol–water partition coefficient (Wildman–Crippen LogP) is 7.92. The first-order valence-electron chi connectivity index (χ1n) is 12.7. The molecule has 0 spiro atoms. The van der Waals surface area contributed by atoms with Gasteiger partial charge in [0.1, 0.15) is 0 Å². The maximum atomic E-state index is 8.77. The third-order valence-corrected chi connectivity index (χ3v) is 6.21. The van der Waals surface area contributed by atoms with Gasteiger partial charge in [0.2, 0.25) is 0 Å². The smallest absolute Gasteiger partial charge is 0.0538 e. The van der Waals surface area contributed by atoms with Crippen molar-refractivity contribution >= 4 is 24.4 Å². The Balaban J connectivity index is 4.99. The Hall–Kier alpha value is -2.56. The van der Waals surface area contributed by atoms with Crippen molar-refractivity contribution in [2.24, 2.45) is 27.7 Å². The van der Waals surface area contributed by atoms with Crippen molar-refractivity contribution in [3.63, 3.8) is 0 Å². The van der Waals surface area contributed by atoms with Gasteiger partial charge in [-0.15, -0.1) is 0 Å². The third-order valence-electron chi connectivity index (χ3n) is 6.21. The van der Waals surface area contributed by atoms with E-state index < -0.39 is 0 Å². The number of aliphatic imine (C=N–C) groups is 2. The van der Waals surface area contributed by atoms with Gasteiger partial charge in [0.25, 0.3) is 0 Å². The maximum absolute atomic E-state index is 8.77. The lowest BCUT2D eigenvalue weighted by atomic mass is 9.83. The molecule has 0 bridgehead atoms. The van der Waals surface area contributed by atoms with E-state index in [1.165, 1.54) is 19.3 Å². The summed E-state index contributed by atoms with van der Waals surface area (Å²) in [6, 6.07) is 0. The van der Waals surface area contributed by atoms with Crippen molar-refractivity contribution in [1.82, 2.24) is 5.32 Å². The van der Waals surface area contributed by atoms with E-state index in [9.17, 15) is 0 Å². The average molecular weight is 468 g/mol. The zero-order valence-electron chi connectivity index (χ0n) is 22.3. The molecular formula is C29H49N5. The number of hydrogen-bond donors (Lipinski definition) is 3. The first-order valence-corrected chi connectivity index (χ1v) is 12.7. The van der Waals surface area contributed by atoms with Gasteiger partial charge in [-0.25, -0.2) is 0 Å². The van der Waals surface area contributed by atoms with Gasteiger partial charge >= 0.3 is 0 Å². The number of nitrogens with zero attached hydrogens (tertiary/aromatic N) is 2. The highest BCUT2D eigenvalue weighted by Crippen LogP contribution is 2.27. The van der Waals surface area contributed by atoms with E-state index in [0.29, 0.717) is 41.6 Å². The predicted molar refractivity (Wildman–Crippen MR) is 153 cm³/mol. The van der Waals surface area contributed by atoms with Crippen molar-refractivity contribution in [2.45, 2.75) is 85.0 Å². The van der Waals surface area contributed by atoms with E-state index >= 15 is 0 Å². The Kier molecular flexibility index (Phi) is 16.5. The van der Waals surface area contributed by atoms with E-state index in [4.69, 9.17) is 10.8 Å². The SMILES string of the molecule is C=NC(=C)[C@H](CCCCC(=N)C(=C)NC)C(=N)CC(=C)[C@@H](C=NC(=C)CCCCCC)C(C)C. The molecular weight excluding hydrogens is 418 g/mol. The zero-order chi connectivity index (χ0) is 26.1. The Morgan fingerprint density at radius 1 is 0.971 bits per heavy atom. The highest BCUT2D eigenvalue weighted by atomic mass is 14.8. The van der Waals surface area contributed by atoms with Crippen LogP contribution in [-0.4, -0.2) is 31.4 Å². The standard InChI is InChI=1S/C29H49N5/c1-10-11-12-13-16-23(5)34-20-27(21(2)3)22(4)19-29(31)26(24(6)32-8)17-14-15-18-28(30)25(7)33-9/h20-21,26-27,30-31,33H,4-8,10-19H2,1-3,9H3/t26-,27-/m0/s1. The van der Waals surface area contributed by atoms with E-state index in [2.05, 4.69) is 69.1 Å².